The Balaban J connectivity index is 2.25. The number of hydrogen-bond donors (Lipinski definition) is 2. The molecule has 1 saturated heterocycles. The van der Waals surface area contributed by atoms with Crippen LogP contribution in [-0.4, -0.2) is 34.2 Å². The van der Waals surface area contributed by atoms with Crippen molar-refractivity contribution in [1.82, 2.24) is 10.3 Å². The zero-order chi connectivity index (χ0) is 14.0. The van der Waals surface area contributed by atoms with Crippen LogP contribution in [0, 0.1) is 29.9 Å². The molecule has 0 aliphatic carbocycles. The van der Waals surface area contributed by atoms with E-state index in [1.165, 1.54) is 0 Å². The van der Waals surface area contributed by atoms with Gasteiger partial charge in [0.2, 0.25) is 0 Å². The van der Waals surface area contributed by atoms with E-state index < -0.39 is 0 Å². The quantitative estimate of drug-likeness (QED) is 0.631. The van der Waals surface area contributed by atoms with Crippen molar-refractivity contribution in [1.29, 1.82) is 0 Å². The fourth-order valence-electron chi connectivity index (χ4n) is 2.62. The highest BCUT2D eigenvalue weighted by molar-refractivity contribution is 5.47. The number of aliphatic hydroxyl groups is 1. The highest BCUT2D eigenvalue weighted by atomic mass is 16.6. The predicted molar refractivity (Wildman–Crippen MR) is 71.1 cm³/mol. The minimum atomic E-state index is -0.359. The second-order valence-corrected chi connectivity index (χ2v) is 5.14. The molecule has 1 fully saturated rings. The van der Waals surface area contributed by atoms with Crippen LogP contribution in [0.3, 0.4) is 0 Å². The van der Waals surface area contributed by atoms with Crippen LogP contribution in [-0.2, 0) is 6.42 Å². The summed E-state index contributed by atoms with van der Waals surface area (Å²) in [5.74, 6) is 0.0715. The number of nitrogens with zero attached hydrogens (tertiary/aromatic N) is 2. The lowest BCUT2D eigenvalue weighted by Crippen LogP contribution is -2.41. The number of piperidine rings is 1. The molecule has 1 aliphatic rings. The summed E-state index contributed by atoms with van der Waals surface area (Å²) in [5.41, 5.74) is 2.05. The molecule has 0 spiro atoms. The maximum Gasteiger partial charge on any atom is 0.278 e. The number of rotatable bonds is 3. The van der Waals surface area contributed by atoms with E-state index in [-0.39, 0.29) is 22.6 Å². The van der Waals surface area contributed by atoms with Gasteiger partial charge in [0.15, 0.2) is 0 Å². The highest BCUT2D eigenvalue weighted by Crippen LogP contribution is 2.26. The predicted octanol–water partition coefficient (Wildman–Crippen LogP) is 1.12. The van der Waals surface area contributed by atoms with E-state index in [1.807, 2.05) is 0 Å². The minimum absolute atomic E-state index is 0.0715. The van der Waals surface area contributed by atoms with Crippen LogP contribution in [0.15, 0.2) is 6.20 Å². The van der Waals surface area contributed by atoms with E-state index in [0.717, 1.165) is 19.5 Å². The Morgan fingerprint density at radius 2 is 2.32 bits per heavy atom. The molecule has 19 heavy (non-hydrogen) atoms. The average molecular weight is 265 g/mol. The summed E-state index contributed by atoms with van der Waals surface area (Å²) in [7, 11) is 0. The molecule has 0 aromatic carbocycles. The van der Waals surface area contributed by atoms with Crippen molar-refractivity contribution < 1.29 is 10.0 Å². The Kier molecular flexibility index (Phi) is 4.11. The summed E-state index contributed by atoms with van der Waals surface area (Å²) < 4.78 is 0. The molecule has 1 aliphatic heterocycles. The topological polar surface area (TPSA) is 88.3 Å². The molecule has 2 atom stereocenters. The molecule has 6 heteroatoms. The van der Waals surface area contributed by atoms with Gasteiger partial charge in [-0.1, -0.05) is 0 Å². The van der Waals surface area contributed by atoms with Crippen LogP contribution in [0.2, 0.25) is 0 Å². The highest BCUT2D eigenvalue weighted by Gasteiger charge is 2.26. The van der Waals surface area contributed by atoms with Gasteiger partial charge in [-0.05, 0) is 33.2 Å². The number of aromatic nitrogens is 1. The Hall–Kier alpha value is -1.53. The number of pyridine rings is 1. The molecule has 0 amide bonds. The third-order valence-corrected chi connectivity index (χ3v) is 3.78. The lowest BCUT2D eigenvalue weighted by molar-refractivity contribution is -0.386. The van der Waals surface area contributed by atoms with Gasteiger partial charge in [-0.3, -0.25) is 15.1 Å². The molecule has 0 radical (unpaired) electrons. The van der Waals surface area contributed by atoms with E-state index in [4.69, 9.17) is 0 Å². The molecular weight excluding hydrogens is 246 g/mol. The van der Waals surface area contributed by atoms with Crippen molar-refractivity contribution in [2.75, 3.05) is 13.1 Å². The SMILES string of the molecule is Cc1cnc(CC2CNCCC2O)c(C)c1[N+](=O)[O-]. The van der Waals surface area contributed by atoms with Crippen molar-refractivity contribution in [2.24, 2.45) is 5.92 Å². The van der Waals surface area contributed by atoms with Crippen LogP contribution < -0.4 is 5.32 Å². The molecule has 0 bridgehead atoms. The zero-order valence-electron chi connectivity index (χ0n) is 11.2. The third-order valence-electron chi connectivity index (χ3n) is 3.78. The van der Waals surface area contributed by atoms with Gasteiger partial charge in [0.25, 0.3) is 5.69 Å². The van der Waals surface area contributed by atoms with Gasteiger partial charge in [-0.15, -0.1) is 0 Å². The summed E-state index contributed by atoms with van der Waals surface area (Å²) in [5, 5.41) is 24.3. The summed E-state index contributed by atoms with van der Waals surface area (Å²) in [6.07, 6.45) is 2.48. The van der Waals surface area contributed by atoms with E-state index >= 15 is 0 Å². The minimum Gasteiger partial charge on any atom is -0.393 e. The van der Waals surface area contributed by atoms with Crippen LogP contribution in [0.4, 0.5) is 5.69 Å². The van der Waals surface area contributed by atoms with Crippen molar-refractivity contribution in [3.05, 3.63) is 33.1 Å². The fourth-order valence-corrected chi connectivity index (χ4v) is 2.62. The van der Waals surface area contributed by atoms with E-state index in [2.05, 4.69) is 10.3 Å². The van der Waals surface area contributed by atoms with Gasteiger partial charge in [0.1, 0.15) is 0 Å². The van der Waals surface area contributed by atoms with Crippen LogP contribution >= 0.6 is 0 Å². The van der Waals surface area contributed by atoms with Crippen molar-refractivity contribution in [2.45, 2.75) is 32.8 Å². The van der Waals surface area contributed by atoms with Crippen LogP contribution in [0.5, 0.6) is 0 Å². The Morgan fingerprint density at radius 3 is 2.95 bits per heavy atom. The largest absolute Gasteiger partial charge is 0.393 e. The molecule has 2 N–H and O–H groups in total. The number of nitrogens with one attached hydrogen (secondary N) is 1. The van der Waals surface area contributed by atoms with Crippen LogP contribution in [0.1, 0.15) is 23.2 Å². The second kappa shape index (κ2) is 5.63. The summed E-state index contributed by atoms with van der Waals surface area (Å²) in [4.78, 5) is 15.0. The monoisotopic (exact) mass is 265 g/mol. The Morgan fingerprint density at radius 1 is 1.58 bits per heavy atom. The first-order chi connectivity index (χ1) is 9.00. The Labute approximate surface area is 112 Å². The maximum absolute atomic E-state index is 11.1. The first kappa shape index (κ1) is 13.9. The van der Waals surface area contributed by atoms with Crippen molar-refractivity contribution >= 4 is 5.69 Å². The molecule has 1 aromatic heterocycles. The van der Waals surface area contributed by atoms with Crippen LogP contribution in [0.25, 0.3) is 0 Å². The lowest BCUT2D eigenvalue weighted by atomic mass is 9.90. The first-order valence-corrected chi connectivity index (χ1v) is 6.49. The van der Waals surface area contributed by atoms with Gasteiger partial charge in [-0.25, -0.2) is 0 Å². The second-order valence-electron chi connectivity index (χ2n) is 5.14. The number of aryl methyl sites for hydroxylation is 1. The first-order valence-electron chi connectivity index (χ1n) is 6.49. The van der Waals surface area contributed by atoms with Crippen molar-refractivity contribution in [3.8, 4) is 0 Å². The standard InChI is InChI=1S/C13H19N3O3/c1-8-6-15-11(9(2)13(8)16(18)19)5-10-7-14-4-3-12(10)17/h6,10,12,14,17H,3-5,7H2,1-2H3. The normalized spacial score (nSPS) is 23.3. The van der Waals surface area contributed by atoms with Gasteiger partial charge < -0.3 is 10.4 Å². The van der Waals surface area contributed by atoms with E-state index in [1.54, 1.807) is 20.0 Å². The summed E-state index contributed by atoms with van der Waals surface area (Å²) in [6.45, 7) is 4.97. The van der Waals surface area contributed by atoms with Gasteiger partial charge >= 0.3 is 0 Å². The summed E-state index contributed by atoms with van der Waals surface area (Å²) in [6, 6.07) is 0. The van der Waals surface area contributed by atoms with Gasteiger partial charge in [-0.2, -0.15) is 0 Å². The summed E-state index contributed by atoms with van der Waals surface area (Å²) >= 11 is 0. The average Bonchev–Trinajstić information content (AvgIpc) is 2.35. The lowest BCUT2D eigenvalue weighted by Gasteiger charge is -2.28. The molecule has 6 nitrogen and oxygen atoms in total. The Bertz CT molecular complexity index is 490. The third kappa shape index (κ3) is 2.90. The number of hydrogen-bond acceptors (Lipinski definition) is 5. The molecule has 2 rings (SSSR count). The van der Waals surface area contributed by atoms with Gasteiger partial charge in [0, 0.05) is 29.8 Å². The number of aliphatic hydroxyl groups excluding tert-OH is 1. The van der Waals surface area contributed by atoms with Crippen molar-refractivity contribution in [3.63, 3.8) is 0 Å². The van der Waals surface area contributed by atoms with E-state index in [9.17, 15) is 15.2 Å². The molecule has 2 unspecified atom stereocenters. The number of nitro groups is 1. The maximum atomic E-state index is 11.1. The molecule has 2 heterocycles. The molecular formula is C13H19N3O3. The smallest absolute Gasteiger partial charge is 0.278 e. The molecule has 104 valence electrons. The zero-order valence-corrected chi connectivity index (χ0v) is 11.2. The fraction of sp³-hybridized carbons (Fsp3) is 0.615. The van der Waals surface area contributed by atoms with Gasteiger partial charge in [0.05, 0.1) is 16.7 Å². The molecule has 1 aromatic rings. The van der Waals surface area contributed by atoms with E-state index in [0.29, 0.717) is 23.2 Å². The molecule has 0 saturated carbocycles.